The molecule has 0 spiro atoms. The van der Waals surface area contributed by atoms with Gasteiger partial charge < -0.3 is 10.1 Å². The van der Waals surface area contributed by atoms with Gasteiger partial charge in [0, 0.05) is 39.1 Å². The van der Waals surface area contributed by atoms with E-state index in [4.69, 9.17) is 4.74 Å². The molecule has 1 saturated heterocycles. The van der Waals surface area contributed by atoms with Crippen molar-refractivity contribution in [2.24, 2.45) is 5.92 Å². The van der Waals surface area contributed by atoms with E-state index in [1.165, 1.54) is 0 Å². The number of hydrogen-bond donors (Lipinski definition) is 2. The summed E-state index contributed by atoms with van der Waals surface area (Å²) in [6, 6.07) is 6.86. The van der Waals surface area contributed by atoms with E-state index in [2.05, 4.69) is 49.6 Å². The molecule has 1 unspecified atom stereocenters. The number of benzene rings is 1. The van der Waals surface area contributed by atoms with Gasteiger partial charge in [0.05, 0.1) is 17.6 Å². The Bertz CT molecular complexity index is 786. The van der Waals surface area contributed by atoms with Crippen LogP contribution in [-0.4, -0.2) is 64.7 Å². The highest BCUT2D eigenvalue weighted by Gasteiger charge is 2.22. The van der Waals surface area contributed by atoms with Crippen LogP contribution in [0.25, 0.3) is 0 Å². The SMILES string of the molecule is CC(C)CN1CCOC(CNC(=O)CCNS(=O)(=O)c2ccc(C(C)(C)C)cc2)C1. The summed E-state index contributed by atoms with van der Waals surface area (Å²) in [4.78, 5) is 14.7. The summed E-state index contributed by atoms with van der Waals surface area (Å²) in [5, 5.41) is 2.85. The van der Waals surface area contributed by atoms with E-state index in [1.807, 2.05) is 12.1 Å². The number of carbonyl (C=O) groups is 1. The van der Waals surface area contributed by atoms with E-state index >= 15 is 0 Å². The molecule has 1 aromatic rings. The van der Waals surface area contributed by atoms with Gasteiger partial charge in [-0.2, -0.15) is 0 Å². The minimum Gasteiger partial charge on any atom is -0.374 e. The van der Waals surface area contributed by atoms with E-state index in [0.29, 0.717) is 19.1 Å². The standard InChI is InChI=1S/C22H37N3O4S/c1-17(2)15-25-12-13-29-19(16-25)14-23-21(26)10-11-24-30(27,28)20-8-6-18(7-9-20)22(3,4)5/h6-9,17,19,24H,10-16H2,1-5H3,(H,23,26). The number of sulfonamides is 1. The Kier molecular flexibility index (Phi) is 8.85. The smallest absolute Gasteiger partial charge is 0.240 e. The van der Waals surface area contributed by atoms with E-state index in [-0.39, 0.29) is 35.3 Å². The van der Waals surface area contributed by atoms with Crippen molar-refractivity contribution in [1.82, 2.24) is 14.9 Å². The van der Waals surface area contributed by atoms with Crippen LogP contribution in [-0.2, 0) is 25.0 Å². The Morgan fingerprint density at radius 1 is 1.23 bits per heavy atom. The summed E-state index contributed by atoms with van der Waals surface area (Å²) in [6.07, 6.45) is 0.0568. The van der Waals surface area contributed by atoms with Gasteiger partial charge in [-0.15, -0.1) is 0 Å². The number of amides is 1. The normalized spacial score (nSPS) is 18.5. The molecule has 2 rings (SSSR count). The maximum absolute atomic E-state index is 12.4. The maximum atomic E-state index is 12.4. The summed E-state index contributed by atoms with van der Waals surface area (Å²) in [5.74, 6) is 0.404. The zero-order valence-corrected chi connectivity index (χ0v) is 19.7. The predicted molar refractivity (Wildman–Crippen MR) is 119 cm³/mol. The lowest BCUT2D eigenvalue weighted by Crippen LogP contribution is -2.48. The molecular weight excluding hydrogens is 402 g/mol. The average molecular weight is 440 g/mol. The second-order valence-corrected chi connectivity index (χ2v) is 11.1. The molecule has 0 bridgehead atoms. The fourth-order valence-electron chi connectivity index (χ4n) is 3.42. The minimum absolute atomic E-state index is 0.0283. The molecule has 1 fully saturated rings. The summed E-state index contributed by atoms with van der Waals surface area (Å²) < 4.78 is 33.1. The van der Waals surface area contributed by atoms with Gasteiger partial charge in [0.25, 0.3) is 0 Å². The van der Waals surface area contributed by atoms with Crippen molar-refractivity contribution in [2.45, 2.75) is 57.5 Å². The van der Waals surface area contributed by atoms with E-state index < -0.39 is 10.0 Å². The van der Waals surface area contributed by atoms with Crippen molar-refractivity contribution in [1.29, 1.82) is 0 Å². The largest absolute Gasteiger partial charge is 0.374 e. The highest BCUT2D eigenvalue weighted by Crippen LogP contribution is 2.23. The first kappa shape index (κ1) is 24.8. The molecule has 1 atom stereocenters. The van der Waals surface area contributed by atoms with Crippen LogP contribution >= 0.6 is 0 Å². The predicted octanol–water partition coefficient (Wildman–Crippen LogP) is 2.13. The minimum atomic E-state index is -3.63. The van der Waals surface area contributed by atoms with Crippen LogP contribution in [0.5, 0.6) is 0 Å². The number of hydrogen-bond acceptors (Lipinski definition) is 5. The van der Waals surface area contributed by atoms with Gasteiger partial charge in [-0.05, 0) is 29.0 Å². The number of ether oxygens (including phenoxy) is 1. The Labute approximate surface area is 181 Å². The quantitative estimate of drug-likeness (QED) is 0.615. The van der Waals surface area contributed by atoms with Gasteiger partial charge in [0.15, 0.2) is 0 Å². The maximum Gasteiger partial charge on any atom is 0.240 e. The Morgan fingerprint density at radius 2 is 1.90 bits per heavy atom. The average Bonchev–Trinajstić information content (AvgIpc) is 2.65. The summed E-state index contributed by atoms with van der Waals surface area (Å²) in [6.45, 7) is 14.5. The Balaban J connectivity index is 1.74. The molecule has 170 valence electrons. The van der Waals surface area contributed by atoms with Gasteiger partial charge in [-0.25, -0.2) is 13.1 Å². The van der Waals surface area contributed by atoms with Crippen LogP contribution in [0.2, 0.25) is 0 Å². The van der Waals surface area contributed by atoms with Crippen molar-refractivity contribution in [2.75, 3.05) is 39.3 Å². The summed E-state index contributed by atoms with van der Waals surface area (Å²) in [5.41, 5.74) is 1.03. The third-order valence-electron chi connectivity index (χ3n) is 5.05. The first-order valence-corrected chi connectivity index (χ1v) is 12.2. The van der Waals surface area contributed by atoms with Crippen molar-refractivity contribution >= 4 is 15.9 Å². The third-order valence-corrected chi connectivity index (χ3v) is 6.52. The fourth-order valence-corrected chi connectivity index (χ4v) is 4.45. The Hall–Kier alpha value is -1.48. The second-order valence-electron chi connectivity index (χ2n) is 9.37. The molecule has 1 amide bonds. The molecule has 30 heavy (non-hydrogen) atoms. The first-order chi connectivity index (χ1) is 14.0. The molecule has 1 aliphatic heterocycles. The van der Waals surface area contributed by atoms with Gasteiger partial charge in [0.2, 0.25) is 15.9 Å². The topological polar surface area (TPSA) is 87.7 Å². The molecular formula is C22H37N3O4S. The van der Waals surface area contributed by atoms with Crippen LogP contribution < -0.4 is 10.0 Å². The molecule has 8 heteroatoms. The molecule has 1 heterocycles. The van der Waals surface area contributed by atoms with Crippen molar-refractivity contribution in [3.63, 3.8) is 0 Å². The lowest BCUT2D eigenvalue weighted by atomic mass is 9.87. The zero-order valence-electron chi connectivity index (χ0n) is 18.9. The van der Waals surface area contributed by atoms with E-state index in [9.17, 15) is 13.2 Å². The van der Waals surface area contributed by atoms with Crippen molar-refractivity contribution in [3.05, 3.63) is 29.8 Å². The van der Waals surface area contributed by atoms with E-state index in [1.54, 1.807) is 12.1 Å². The van der Waals surface area contributed by atoms with Crippen molar-refractivity contribution in [3.8, 4) is 0 Å². The van der Waals surface area contributed by atoms with E-state index in [0.717, 1.165) is 25.2 Å². The lowest BCUT2D eigenvalue weighted by Gasteiger charge is -2.33. The monoisotopic (exact) mass is 439 g/mol. The van der Waals surface area contributed by atoms with Crippen LogP contribution in [0, 0.1) is 5.92 Å². The number of nitrogens with zero attached hydrogens (tertiary/aromatic N) is 1. The van der Waals surface area contributed by atoms with Crippen LogP contribution in [0.4, 0.5) is 0 Å². The van der Waals surface area contributed by atoms with Crippen LogP contribution in [0.1, 0.15) is 46.6 Å². The zero-order chi connectivity index (χ0) is 22.4. The number of morpholine rings is 1. The van der Waals surface area contributed by atoms with Gasteiger partial charge in [0.1, 0.15) is 0 Å². The molecule has 0 saturated carbocycles. The third kappa shape index (κ3) is 7.98. The molecule has 7 nitrogen and oxygen atoms in total. The number of carbonyl (C=O) groups excluding carboxylic acids is 1. The molecule has 1 aromatic carbocycles. The Morgan fingerprint density at radius 3 is 2.50 bits per heavy atom. The molecule has 0 aliphatic carbocycles. The molecule has 0 aromatic heterocycles. The summed E-state index contributed by atoms with van der Waals surface area (Å²) >= 11 is 0. The van der Waals surface area contributed by atoms with Crippen LogP contribution in [0.15, 0.2) is 29.2 Å². The summed E-state index contributed by atoms with van der Waals surface area (Å²) in [7, 11) is -3.63. The number of nitrogens with one attached hydrogen (secondary N) is 2. The molecule has 0 radical (unpaired) electrons. The molecule has 2 N–H and O–H groups in total. The van der Waals surface area contributed by atoms with Gasteiger partial charge >= 0.3 is 0 Å². The highest BCUT2D eigenvalue weighted by atomic mass is 32.2. The molecule has 1 aliphatic rings. The van der Waals surface area contributed by atoms with Gasteiger partial charge in [-0.1, -0.05) is 46.8 Å². The number of rotatable bonds is 9. The second kappa shape index (κ2) is 10.7. The lowest BCUT2D eigenvalue weighted by molar-refractivity contribution is -0.122. The highest BCUT2D eigenvalue weighted by molar-refractivity contribution is 7.89. The van der Waals surface area contributed by atoms with Crippen LogP contribution in [0.3, 0.4) is 0 Å². The fraction of sp³-hybridized carbons (Fsp3) is 0.682. The van der Waals surface area contributed by atoms with Gasteiger partial charge in [-0.3, -0.25) is 9.69 Å². The van der Waals surface area contributed by atoms with Crippen molar-refractivity contribution < 1.29 is 17.9 Å². The first-order valence-electron chi connectivity index (χ1n) is 10.7.